The van der Waals surface area contributed by atoms with Crippen LogP contribution in [0.5, 0.6) is 0 Å². The molecule has 1 atom stereocenters. The van der Waals surface area contributed by atoms with Crippen LogP contribution in [-0.4, -0.2) is 27.8 Å². The Morgan fingerprint density at radius 1 is 1.19 bits per heavy atom. The number of carbonyl (C=O) groups is 1. The van der Waals surface area contributed by atoms with Gasteiger partial charge in [-0.1, -0.05) is 29.4 Å². The highest BCUT2D eigenvalue weighted by Crippen LogP contribution is 2.54. The number of ether oxygens (including phenoxy) is 1. The van der Waals surface area contributed by atoms with E-state index in [1.807, 2.05) is 50.2 Å². The van der Waals surface area contributed by atoms with Crippen molar-refractivity contribution in [3.8, 4) is 11.8 Å². The predicted octanol–water partition coefficient (Wildman–Crippen LogP) is 6.19. The number of amides is 1. The average molecular weight is 535 g/mol. The minimum absolute atomic E-state index is 0.255. The Hall–Kier alpha value is -3.16. The lowest BCUT2D eigenvalue weighted by Crippen LogP contribution is -2.24. The predicted molar refractivity (Wildman–Crippen MR) is 143 cm³/mol. The summed E-state index contributed by atoms with van der Waals surface area (Å²) in [6.07, 6.45) is 1.26. The highest BCUT2D eigenvalue weighted by atomic mass is 32.1. The van der Waals surface area contributed by atoms with Crippen molar-refractivity contribution in [1.29, 1.82) is 0 Å². The second-order valence-corrected chi connectivity index (χ2v) is 12.0. The quantitative estimate of drug-likeness (QED) is 0.201. The van der Waals surface area contributed by atoms with Crippen LogP contribution >= 0.6 is 22.7 Å². The molecule has 0 bridgehead atoms. The fourth-order valence-corrected chi connectivity index (χ4v) is 7.08. The number of benzene rings is 1. The molecular formula is C28H26N2O5S2. The Kier molecular flexibility index (Phi) is 6.08. The molecule has 0 aliphatic heterocycles. The van der Waals surface area contributed by atoms with Crippen molar-refractivity contribution >= 4 is 43.9 Å². The van der Waals surface area contributed by atoms with Crippen LogP contribution < -0.4 is 5.32 Å². The molecule has 3 heterocycles. The summed E-state index contributed by atoms with van der Waals surface area (Å²) in [6, 6.07) is 11.9. The van der Waals surface area contributed by atoms with E-state index in [9.17, 15) is 15.0 Å². The number of aliphatic hydroxyl groups excluding tert-OH is 1. The maximum absolute atomic E-state index is 12.8. The van der Waals surface area contributed by atoms with E-state index >= 15 is 0 Å². The summed E-state index contributed by atoms with van der Waals surface area (Å²) in [5.74, 6) is 6.75. The topological polar surface area (TPSA) is 105 Å². The maximum atomic E-state index is 12.8. The van der Waals surface area contributed by atoms with Crippen molar-refractivity contribution < 1.29 is 24.3 Å². The van der Waals surface area contributed by atoms with Gasteiger partial charge in [-0.25, -0.2) is 4.79 Å². The number of aromatic nitrogens is 1. The number of carbonyl (C=O) groups excluding carboxylic acids is 1. The monoisotopic (exact) mass is 534 g/mol. The standard InChI is InChI=1S/C28H26N2O5S2/c1-15-5-3-4-6-19(15)16(2)34-27(33)29-25-20(35-30-24(25)17-7-8-17)10-9-18-13-21-22(36-18)14-23(37-21)28(11-12-28)26(31)32/h3-6,13-14,16-17,26,31-32H,7-8,11-12H2,1-2H3,(H,29,33). The Balaban J connectivity index is 1.21. The van der Waals surface area contributed by atoms with E-state index in [1.54, 1.807) is 22.7 Å². The molecule has 1 unspecified atom stereocenters. The molecule has 1 aromatic carbocycles. The van der Waals surface area contributed by atoms with Gasteiger partial charge in [0.05, 0.1) is 10.3 Å². The molecule has 6 rings (SSSR count). The number of aliphatic hydroxyl groups is 2. The first-order chi connectivity index (χ1) is 17.8. The Morgan fingerprint density at radius 2 is 1.95 bits per heavy atom. The van der Waals surface area contributed by atoms with Gasteiger partial charge in [0.2, 0.25) is 5.76 Å². The minimum atomic E-state index is -1.33. The van der Waals surface area contributed by atoms with Gasteiger partial charge in [0.15, 0.2) is 6.29 Å². The molecule has 9 heteroatoms. The first kappa shape index (κ1) is 24.2. The molecule has 0 saturated heterocycles. The smallest absolute Gasteiger partial charge is 0.412 e. The highest BCUT2D eigenvalue weighted by Gasteiger charge is 2.51. The van der Waals surface area contributed by atoms with E-state index in [-0.39, 0.29) is 5.92 Å². The van der Waals surface area contributed by atoms with Gasteiger partial charge in [-0.15, -0.1) is 22.7 Å². The van der Waals surface area contributed by atoms with Crippen LogP contribution in [-0.2, 0) is 10.2 Å². The lowest BCUT2D eigenvalue weighted by atomic mass is 10.1. The zero-order valence-corrected chi connectivity index (χ0v) is 22.0. The molecule has 37 heavy (non-hydrogen) atoms. The van der Waals surface area contributed by atoms with Crippen molar-refractivity contribution in [3.63, 3.8) is 0 Å². The van der Waals surface area contributed by atoms with E-state index < -0.39 is 23.9 Å². The number of hydrogen-bond donors (Lipinski definition) is 3. The van der Waals surface area contributed by atoms with E-state index in [4.69, 9.17) is 9.26 Å². The van der Waals surface area contributed by atoms with Crippen LogP contribution in [0.15, 0.2) is 40.9 Å². The highest BCUT2D eigenvalue weighted by molar-refractivity contribution is 7.28. The third-order valence-corrected chi connectivity index (χ3v) is 9.53. The summed E-state index contributed by atoms with van der Waals surface area (Å²) in [6.45, 7) is 3.83. The number of rotatable bonds is 6. The number of aryl methyl sites for hydroxylation is 1. The molecule has 2 fully saturated rings. The SMILES string of the molecule is Cc1ccccc1C(C)OC(=O)Nc1c(C2CC2)noc1C#Cc1cc2sc(C3(C(O)O)CC3)cc2s1. The number of anilines is 1. The third kappa shape index (κ3) is 4.66. The number of fused-ring (bicyclic) bond motifs is 1. The Morgan fingerprint density at radius 3 is 2.62 bits per heavy atom. The van der Waals surface area contributed by atoms with Crippen LogP contribution in [0.25, 0.3) is 9.40 Å². The third-order valence-electron chi connectivity index (χ3n) is 7.10. The summed E-state index contributed by atoms with van der Waals surface area (Å²) in [5, 5.41) is 26.6. The normalized spacial score (nSPS) is 16.9. The molecule has 0 spiro atoms. The molecule has 2 aliphatic rings. The van der Waals surface area contributed by atoms with Gasteiger partial charge in [-0.3, -0.25) is 5.32 Å². The molecule has 2 saturated carbocycles. The van der Waals surface area contributed by atoms with Gasteiger partial charge in [0, 0.05) is 20.2 Å². The van der Waals surface area contributed by atoms with Crippen LogP contribution in [0.2, 0.25) is 0 Å². The van der Waals surface area contributed by atoms with E-state index in [1.165, 1.54) is 0 Å². The van der Waals surface area contributed by atoms with E-state index in [0.29, 0.717) is 17.1 Å². The molecule has 0 radical (unpaired) electrons. The van der Waals surface area contributed by atoms with Crippen LogP contribution in [0, 0.1) is 18.8 Å². The molecule has 2 aliphatic carbocycles. The summed E-state index contributed by atoms with van der Waals surface area (Å²) < 4.78 is 13.3. The zero-order valence-electron chi connectivity index (χ0n) is 20.4. The van der Waals surface area contributed by atoms with Crippen molar-refractivity contribution in [1.82, 2.24) is 5.16 Å². The Bertz CT molecular complexity index is 1510. The van der Waals surface area contributed by atoms with Crippen molar-refractivity contribution in [2.45, 2.75) is 63.3 Å². The number of thiophene rings is 2. The van der Waals surface area contributed by atoms with E-state index in [0.717, 1.165) is 56.0 Å². The van der Waals surface area contributed by atoms with Crippen molar-refractivity contribution in [2.75, 3.05) is 5.32 Å². The molecule has 1 amide bonds. The number of hydrogen-bond acceptors (Lipinski definition) is 8. The van der Waals surface area contributed by atoms with Gasteiger partial charge in [0.1, 0.15) is 17.5 Å². The number of nitrogens with zero attached hydrogens (tertiary/aromatic N) is 1. The van der Waals surface area contributed by atoms with Gasteiger partial charge in [0.25, 0.3) is 0 Å². The molecule has 3 aromatic heterocycles. The Labute approximate surface area is 222 Å². The van der Waals surface area contributed by atoms with Crippen LogP contribution in [0.4, 0.5) is 10.5 Å². The second-order valence-electron chi connectivity index (χ2n) is 9.80. The fraction of sp³-hybridized carbons (Fsp3) is 0.357. The van der Waals surface area contributed by atoms with E-state index in [2.05, 4.69) is 22.3 Å². The molecule has 4 aromatic rings. The second kappa shape index (κ2) is 9.30. The molecule has 7 nitrogen and oxygen atoms in total. The molecule has 190 valence electrons. The first-order valence-corrected chi connectivity index (χ1v) is 13.9. The lowest BCUT2D eigenvalue weighted by Gasteiger charge is -2.16. The largest absolute Gasteiger partial charge is 0.441 e. The fourth-order valence-electron chi connectivity index (χ4n) is 4.57. The lowest BCUT2D eigenvalue weighted by molar-refractivity contribution is -0.0685. The van der Waals surface area contributed by atoms with Crippen LogP contribution in [0.3, 0.4) is 0 Å². The first-order valence-electron chi connectivity index (χ1n) is 12.3. The van der Waals surface area contributed by atoms with Crippen LogP contribution in [0.1, 0.15) is 77.0 Å². The van der Waals surface area contributed by atoms with Crippen molar-refractivity contribution in [3.05, 3.63) is 68.7 Å². The molecule has 3 N–H and O–H groups in total. The average Bonchev–Trinajstić information content (AvgIpc) is 3.75. The number of nitrogens with one attached hydrogen (secondary N) is 1. The zero-order chi connectivity index (χ0) is 25.7. The summed E-state index contributed by atoms with van der Waals surface area (Å²) in [5.41, 5.74) is 2.69. The maximum Gasteiger partial charge on any atom is 0.412 e. The molecular weight excluding hydrogens is 508 g/mol. The van der Waals surface area contributed by atoms with Gasteiger partial charge >= 0.3 is 6.09 Å². The van der Waals surface area contributed by atoms with Gasteiger partial charge in [-0.2, -0.15) is 0 Å². The van der Waals surface area contributed by atoms with Gasteiger partial charge < -0.3 is 19.5 Å². The summed E-state index contributed by atoms with van der Waals surface area (Å²) in [7, 11) is 0. The summed E-state index contributed by atoms with van der Waals surface area (Å²) in [4.78, 5) is 14.7. The van der Waals surface area contributed by atoms with Gasteiger partial charge in [-0.05, 0) is 74.6 Å². The minimum Gasteiger partial charge on any atom is -0.441 e. The van der Waals surface area contributed by atoms with Crippen molar-refractivity contribution in [2.24, 2.45) is 0 Å². The summed E-state index contributed by atoms with van der Waals surface area (Å²) >= 11 is 3.13.